The predicted molar refractivity (Wildman–Crippen MR) is 77.6 cm³/mol. The molecule has 2 aromatic rings. The van der Waals surface area contributed by atoms with E-state index in [1.807, 2.05) is 4.90 Å². The van der Waals surface area contributed by atoms with Crippen LogP contribution in [0.1, 0.15) is 43.6 Å². The summed E-state index contributed by atoms with van der Waals surface area (Å²) in [5, 5.41) is 10.5. The third-order valence-electron chi connectivity index (χ3n) is 5.12. The van der Waals surface area contributed by atoms with Crippen LogP contribution in [0, 0.1) is 11.3 Å². The Morgan fingerprint density at radius 3 is 3.05 bits per heavy atom. The van der Waals surface area contributed by atoms with E-state index in [1.165, 1.54) is 12.8 Å². The monoisotopic (exact) mass is 285 g/mol. The van der Waals surface area contributed by atoms with Crippen LogP contribution in [0.5, 0.6) is 0 Å². The lowest BCUT2D eigenvalue weighted by Crippen LogP contribution is -2.36. The van der Waals surface area contributed by atoms with Crippen molar-refractivity contribution >= 4 is 17.1 Å². The molecule has 1 saturated heterocycles. The number of carbonyl (C=O) groups is 1. The quantitative estimate of drug-likeness (QED) is 0.869. The number of aromatic nitrogens is 4. The molecule has 1 N–H and O–H groups in total. The molecule has 110 valence electrons. The van der Waals surface area contributed by atoms with Gasteiger partial charge in [0.25, 0.3) is 5.91 Å². The van der Waals surface area contributed by atoms with Crippen molar-refractivity contribution in [1.82, 2.24) is 25.3 Å². The summed E-state index contributed by atoms with van der Waals surface area (Å²) in [5.41, 5.74) is 1.86. The second-order valence-corrected chi connectivity index (χ2v) is 6.89. The van der Waals surface area contributed by atoms with E-state index in [2.05, 4.69) is 34.2 Å². The average Bonchev–Trinajstić information content (AvgIpc) is 3.15. The summed E-state index contributed by atoms with van der Waals surface area (Å²) in [6, 6.07) is 3.93. The van der Waals surface area contributed by atoms with Crippen molar-refractivity contribution in [1.29, 1.82) is 0 Å². The molecular formula is C15H19N5O. The van der Waals surface area contributed by atoms with Gasteiger partial charge in [-0.3, -0.25) is 4.79 Å². The smallest absolute Gasteiger partial charge is 0.272 e. The van der Waals surface area contributed by atoms with Gasteiger partial charge < -0.3 is 4.90 Å². The van der Waals surface area contributed by atoms with Gasteiger partial charge in [-0.15, -0.1) is 5.10 Å². The second-order valence-electron chi connectivity index (χ2n) is 6.89. The minimum atomic E-state index is 0.0300. The van der Waals surface area contributed by atoms with Crippen molar-refractivity contribution in [2.24, 2.45) is 11.3 Å². The highest BCUT2D eigenvalue weighted by atomic mass is 16.2. The average molecular weight is 285 g/mol. The standard InChI is InChI=1S/C15H19N5O/c1-15(2)8-20(12-5-3-4-9(12)15)14(21)11-7-6-10-13(16-11)18-19-17-10/h6-7,9,12H,3-5,8H2,1-2H3,(H,16,17,18,19). The van der Waals surface area contributed by atoms with Crippen molar-refractivity contribution in [2.45, 2.75) is 39.2 Å². The second kappa shape index (κ2) is 4.26. The van der Waals surface area contributed by atoms with E-state index in [9.17, 15) is 4.79 Å². The molecular weight excluding hydrogens is 266 g/mol. The fourth-order valence-electron chi connectivity index (χ4n) is 4.12. The van der Waals surface area contributed by atoms with Gasteiger partial charge in [-0.2, -0.15) is 10.3 Å². The van der Waals surface area contributed by atoms with Crippen LogP contribution >= 0.6 is 0 Å². The van der Waals surface area contributed by atoms with E-state index in [1.54, 1.807) is 12.1 Å². The van der Waals surface area contributed by atoms with Crippen LogP contribution in [0.3, 0.4) is 0 Å². The molecule has 0 radical (unpaired) electrons. The third-order valence-corrected chi connectivity index (χ3v) is 5.12. The summed E-state index contributed by atoms with van der Waals surface area (Å²) in [6.07, 6.45) is 3.57. The van der Waals surface area contributed by atoms with E-state index >= 15 is 0 Å². The molecule has 2 fully saturated rings. The Bertz CT molecular complexity index is 707. The first-order chi connectivity index (χ1) is 10.1. The molecule has 2 atom stereocenters. The van der Waals surface area contributed by atoms with Gasteiger partial charge >= 0.3 is 0 Å². The molecule has 0 bridgehead atoms. The van der Waals surface area contributed by atoms with Crippen molar-refractivity contribution in [2.75, 3.05) is 6.54 Å². The van der Waals surface area contributed by atoms with E-state index in [0.29, 0.717) is 28.8 Å². The Morgan fingerprint density at radius 1 is 1.33 bits per heavy atom. The SMILES string of the molecule is CC1(C)CN(C(=O)c2ccc3n[nH]nc3n2)C2CCCC21. The van der Waals surface area contributed by atoms with Crippen LogP contribution in [-0.2, 0) is 0 Å². The Hall–Kier alpha value is -1.98. The molecule has 1 amide bonds. The molecule has 1 aliphatic heterocycles. The Balaban J connectivity index is 1.68. The number of pyridine rings is 1. The van der Waals surface area contributed by atoms with E-state index < -0.39 is 0 Å². The lowest BCUT2D eigenvalue weighted by Gasteiger charge is -2.23. The zero-order chi connectivity index (χ0) is 14.6. The summed E-state index contributed by atoms with van der Waals surface area (Å²) >= 11 is 0. The minimum Gasteiger partial charge on any atom is -0.333 e. The first-order valence-corrected chi connectivity index (χ1v) is 7.55. The molecule has 2 aromatic heterocycles. The van der Waals surface area contributed by atoms with Gasteiger partial charge in [-0.25, -0.2) is 4.98 Å². The lowest BCUT2D eigenvalue weighted by molar-refractivity contribution is 0.0716. The number of rotatable bonds is 1. The molecule has 6 nitrogen and oxygen atoms in total. The molecule has 1 saturated carbocycles. The van der Waals surface area contributed by atoms with Gasteiger partial charge in [-0.1, -0.05) is 20.3 Å². The summed E-state index contributed by atoms with van der Waals surface area (Å²) in [7, 11) is 0. The Kier molecular flexibility index (Phi) is 2.58. The zero-order valence-corrected chi connectivity index (χ0v) is 12.3. The molecule has 0 aromatic carbocycles. The first kappa shape index (κ1) is 12.7. The number of hydrogen-bond acceptors (Lipinski definition) is 4. The summed E-state index contributed by atoms with van der Waals surface area (Å²) in [5.74, 6) is 0.652. The number of carbonyl (C=O) groups excluding carboxylic acids is 1. The topological polar surface area (TPSA) is 74.8 Å². The predicted octanol–water partition coefficient (Wildman–Crippen LogP) is 2.00. The summed E-state index contributed by atoms with van der Waals surface area (Å²) in [6.45, 7) is 5.37. The van der Waals surface area contributed by atoms with E-state index in [4.69, 9.17) is 0 Å². The highest BCUT2D eigenvalue weighted by Gasteiger charge is 2.50. The molecule has 1 aliphatic carbocycles. The lowest BCUT2D eigenvalue weighted by atomic mass is 9.80. The van der Waals surface area contributed by atoms with Crippen molar-refractivity contribution < 1.29 is 4.79 Å². The maximum absolute atomic E-state index is 12.8. The number of likely N-dealkylation sites (tertiary alicyclic amines) is 1. The van der Waals surface area contributed by atoms with Gasteiger partial charge in [-0.05, 0) is 36.3 Å². The number of aromatic amines is 1. The number of amides is 1. The largest absolute Gasteiger partial charge is 0.333 e. The van der Waals surface area contributed by atoms with Crippen LogP contribution < -0.4 is 0 Å². The number of nitrogens with one attached hydrogen (secondary N) is 1. The van der Waals surface area contributed by atoms with Gasteiger partial charge in [0.05, 0.1) is 0 Å². The molecule has 3 heterocycles. The third kappa shape index (κ3) is 1.85. The van der Waals surface area contributed by atoms with E-state index in [0.717, 1.165) is 13.0 Å². The molecule has 2 unspecified atom stereocenters. The highest BCUT2D eigenvalue weighted by Crippen LogP contribution is 2.48. The number of fused-ring (bicyclic) bond motifs is 2. The maximum atomic E-state index is 12.8. The highest BCUT2D eigenvalue weighted by molar-refractivity contribution is 5.94. The summed E-state index contributed by atoms with van der Waals surface area (Å²) < 4.78 is 0. The van der Waals surface area contributed by atoms with Crippen LogP contribution in [0.2, 0.25) is 0 Å². The van der Waals surface area contributed by atoms with Crippen LogP contribution in [0.15, 0.2) is 12.1 Å². The first-order valence-electron chi connectivity index (χ1n) is 7.55. The molecule has 4 rings (SSSR count). The summed E-state index contributed by atoms with van der Waals surface area (Å²) in [4.78, 5) is 19.2. The van der Waals surface area contributed by atoms with Crippen LogP contribution in [0.25, 0.3) is 11.2 Å². The minimum absolute atomic E-state index is 0.0300. The number of hydrogen-bond donors (Lipinski definition) is 1. The van der Waals surface area contributed by atoms with Crippen molar-refractivity contribution in [3.63, 3.8) is 0 Å². The molecule has 2 aliphatic rings. The number of H-pyrrole nitrogens is 1. The molecule has 6 heteroatoms. The Labute approximate surface area is 122 Å². The van der Waals surface area contributed by atoms with Gasteiger partial charge in [0, 0.05) is 12.6 Å². The van der Waals surface area contributed by atoms with Gasteiger partial charge in [0.2, 0.25) is 5.65 Å². The molecule has 21 heavy (non-hydrogen) atoms. The van der Waals surface area contributed by atoms with Crippen LogP contribution in [-0.4, -0.2) is 43.8 Å². The zero-order valence-electron chi connectivity index (χ0n) is 12.3. The molecule has 0 spiro atoms. The van der Waals surface area contributed by atoms with Gasteiger partial charge in [0.1, 0.15) is 11.2 Å². The van der Waals surface area contributed by atoms with Crippen LogP contribution in [0.4, 0.5) is 0 Å². The van der Waals surface area contributed by atoms with Crippen molar-refractivity contribution in [3.8, 4) is 0 Å². The number of nitrogens with zero attached hydrogens (tertiary/aromatic N) is 4. The Morgan fingerprint density at radius 2 is 2.19 bits per heavy atom. The fourth-order valence-corrected chi connectivity index (χ4v) is 4.12. The van der Waals surface area contributed by atoms with Crippen molar-refractivity contribution in [3.05, 3.63) is 17.8 Å². The van der Waals surface area contributed by atoms with Gasteiger partial charge in [0.15, 0.2) is 0 Å². The fraction of sp³-hybridized carbons (Fsp3) is 0.600. The maximum Gasteiger partial charge on any atom is 0.272 e. The van der Waals surface area contributed by atoms with E-state index in [-0.39, 0.29) is 11.3 Å². The normalized spacial score (nSPS) is 27.2.